The Labute approximate surface area is 165 Å². The molecule has 5 heteroatoms. The third-order valence-electron chi connectivity index (χ3n) is 4.59. The molecule has 0 saturated heterocycles. The van der Waals surface area contributed by atoms with Crippen molar-refractivity contribution in [2.45, 2.75) is 26.2 Å². The van der Waals surface area contributed by atoms with Crippen LogP contribution in [0.15, 0.2) is 54.9 Å². The minimum atomic E-state index is -0.153. The fourth-order valence-corrected chi connectivity index (χ4v) is 2.92. The molecule has 5 nitrogen and oxygen atoms in total. The summed E-state index contributed by atoms with van der Waals surface area (Å²) >= 11 is 0. The average molecular weight is 378 g/mol. The molecule has 3 rings (SSSR count). The molecule has 1 heterocycles. The summed E-state index contributed by atoms with van der Waals surface area (Å²) in [6.07, 6.45) is 3.41. The lowest BCUT2D eigenvalue weighted by Gasteiger charge is -2.19. The lowest BCUT2D eigenvalue weighted by molar-refractivity contribution is 0.0948. The van der Waals surface area contributed by atoms with Crippen LogP contribution in [0.25, 0.3) is 10.8 Å². The fourth-order valence-electron chi connectivity index (χ4n) is 2.92. The van der Waals surface area contributed by atoms with E-state index in [0.717, 1.165) is 22.3 Å². The standard InChI is InChI=1S/C23H26N2O3/c1-23(2,3)17-5-10-20-16(13-17)14-24-15-21(20)22(26)25-11-12-28-19-8-6-18(27-4)7-9-19/h5-10,13-15H,11-12H2,1-4H3,(H,25,26). The Morgan fingerprint density at radius 1 is 1.04 bits per heavy atom. The Hall–Kier alpha value is -3.08. The zero-order valence-corrected chi connectivity index (χ0v) is 16.8. The molecule has 1 N–H and O–H groups in total. The first-order valence-corrected chi connectivity index (χ1v) is 9.32. The van der Waals surface area contributed by atoms with Crippen LogP contribution in [0.2, 0.25) is 0 Å². The summed E-state index contributed by atoms with van der Waals surface area (Å²) in [7, 11) is 1.62. The predicted molar refractivity (Wildman–Crippen MR) is 111 cm³/mol. The molecule has 146 valence electrons. The zero-order valence-electron chi connectivity index (χ0n) is 16.8. The monoisotopic (exact) mass is 378 g/mol. The number of ether oxygens (including phenoxy) is 2. The van der Waals surface area contributed by atoms with Crippen molar-refractivity contribution in [1.82, 2.24) is 10.3 Å². The average Bonchev–Trinajstić information content (AvgIpc) is 2.70. The van der Waals surface area contributed by atoms with E-state index in [9.17, 15) is 4.79 Å². The van der Waals surface area contributed by atoms with Crippen LogP contribution < -0.4 is 14.8 Å². The van der Waals surface area contributed by atoms with Gasteiger partial charge < -0.3 is 14.8 Å². The molecule has 0 radical (unpaired) electrons. The highest BCUT2D eigenvalue weighted by Crippen LogP contribution is 2.27. The highest BCUT2D eigenvalue weighted by molar-refractivity contribution is 6.06. The van der Waals surface area contributed by atoms with Gasteiger partial charge in [-0.15, -0.1) is 0 Å². The zero-order chi connectivity index (χ0) is 20.1. The van der Waals surface area contributed by atoms with Gasteiger partial charge in [-0.3, -0.25) is 9.78 Å². The first kappa shape index (κ1) is 19.7. The molecule has 1 aromatic heterocycles. The maximum absolute atomic E-state index is 12.6. The third kappa shape index (κ3) is 4.60. The van der Waals surface area contributed by atoms with Crippen LogP contribution in [-0.4, -0.2) is 31.2 Å². The second-order valence-corrected chi connectivity index (χ2v) is 7.65. The number of methoxy groups -OCH3 is 1. The van der Waals surface area contributed by atoms with E-state index in [1.807, 2.05) is 30.3 Å². The van der Waals surface area contributed by atoms with E-state index in [4.69, 9.17) is 9.47 Å². The van der Waals surface area contributed by atoms with Crippen LogP contribution in [0.3, 0.4) is 0 Å². The first-order valence-electron chi connectivity index (χ1n) is 9.32. The summed E-state index contributed by atoms with van der Waals surface area (Å²) in [6.45, 7) is 7.29. The Balaban J connectivity index is 1.63. The minimum absolute atomic E-state index is 0.0469. The van der Waals surface area contributed by atoms with Gasteiger partial charge in [-0.1, -0.05) is 32.9 Å². The van der Waals surface area contributed by atoms with Gasteiger partial charge in [-0.2, -0.15) is 0 Å². The van der Waals surface area contributed by atoms with E-state index in [2.05, 4.69) is 43.2 Å². The van der Waals surface area contributed by atoms with Gasteiger partial charge in [0.05, 0.1) is 19.2 Å². The van der Waals surface area contributed by atoms with Crippen molar-refractivity contribution in [3.63, 3.8) is 0 Å². The second-order valence-electron chi connectivity index (χ2n) is 7.65. The smallest absolute Gasteiger partial charge is 0.253 e. The van der Waals surface area contributed by atoms with E-state index in [1.165, 1.54) is 5.56 Å². The van der Waals surface area contributed by atoms with Gasteiger partial charge >= 0.3 is 0 Å². The maximum Gasteiger partial charge on any atom is 0.253 e. The van der Waals surface area contributed by atoms with E-state index in [1.54, 1.807) is 19.5 Å². The van der Waals surface area contributed by atoms with Gasteiger partial charge in [-0.25, -0.2) is 0 Å². The number of carbonyl (C=O) groups is 1. The molecule has 0 fully saturated rings. The molecule has 0 atom stereocenters. The summed E-state index contributed by atoms with van der Waals surface area (Å²) < 4.78 is 10.8. The molecule has 0 saturated carbocycles. The summed E-state index contributed by atoms with van der Waals surface area (Å²) in [4.78, 5) is 16.9. The largest absolute Gasteiger partial charge is 0.497 e. The van der Waals surface area contributed by atoms with Crippen LogP contribution >= 0.6 is 0 Å². The molecule has 0 spiro atoms. The van der Waals surface area contributed by atoms with Gasteiger partial charge in [0.2, 0.25) is 0 Å². The van der Waals surface area contributed by atoms with E-state index < -0.39 is 0 Å². The first-order chi connectivity index (χ1) is 13.4. The SMILES string of the molecule is COc1ccc(OCCNC(=O)c2cncc3cc(C(C)(C)C)ccc23)cc1. The predicted octanol–water partition coefficient (Wildman–Crippen LogP) is 4.35. The van der Waals surface area contributed by atoms with E-state index >= 15 is 0 Å². The molecule has 0 aliphatic rings. The lowest BCUT2D eigenvalue weighted by Crippen LogP contribution is -2.28. The third-order valence-corrected chi connectivity index (χ3v) is 4.59. The number of hydrogen-bond donors (Lipinski definition) is 1. The van der Waals surface area contributed by atoms with Crippen molar-refractivity contribution in [1.29, 1.82) is 0 Å². The highest BCUT2D eigenvalue weighted by Gasteiger charge is 2.16. The van der Waals surface area contributed by atoms with Gasteiger partial charge in [-0.05, 0) is 46.7 Å². The highest BCUT2D eigenvalue weighted by atomic mass is 16.5. The van der Waals surface area contributed by atoms with Crippen molar-refractivity contribution in [2.75, 3.05) is 20.3 Å². The molecule has 0 unspecified atom stereocenters. The van der Waals surface area contributed by atoms with E-state index in [-0.39, 0.29) is 11.3 Å². The van der Waals surface area contributed by atoms with Crippen LogP contribution in [-0.2, 0) is 5.41 Å². The molecule has 0 bridgehead atoms. The van der Waals surface area contributed by atoms with Crippen LogP contribution in [0.4, 0.5) is 0 Å². The number of fused-ring (bicyclic) bond motifs is 1. The Morgan fingerprint density at radius 2 is 1.75 bits per heavy atom. The number of nitrogens with zero attached hydrogens (tertiary/aromatic N) is 1. The summed E-state index contributed by atoms with van der Waals surface area (Å²) in [5, 5.41) is 4.77. The molecule has 3 aromatic rings. The normalized spacial score (nSPS) is 11.3. The maximum atomic E-state index is 12.6. The van der Waals surface area contributed by atoms with Crippen molar-refractivity contribution < 1.29 is 14.3 Å². The second kappa shape index (κ2) is 8.30. The summed E-state index contributed by atoms with van der Waals surface area (Å²) in [5.74, 6) is 1.36. The molecule has 2 aromatic carbocycles. The number of amides is 1. The van der Waals surface area contributed by atoms with Crippen LogP contribution in [0, 0.1) is 0 Å². The van der Waals surface area contributed by atoms with Crippen molar-refractivity contribution in [3.8, 4) is 11.5 Å². The number of hydrogen-bond acceptors (Lipinski definition) is 4. The van der Waals surface area contributed by atoms with Gasteiger partial charge in [0.1, 0.15) is 18.1 Å². The molecular weight excluding hydrogens is 352 g/mol. The number of rotatable bonds is 6. The lowest BCUT2D eigenvalue weighted by atomic mass is 9.86. The topological polar surface area (TPSA) is 60.5 Å². The van der Waals surface area contributed by atoms with Crippen molar-refractivity contribution in [2.24, 2.45) is 0 Å². The van der Waals surface area contributed by atoms with Crippen molar-refractivity contribution in [3.05, 3.63) is 66.0 Å². The fraction of sp³-hybridized carbons (Fsp3) is 0.304. The molecule has 0 aliphatic carbocycles. The molecule has 0 aliphatic heterocycles. The number of benzene rings is 2. The quantitative estimate of drug-likeness (QED) is 0.648. The minimum Gasteiger partial charge on any atom is -0.497 e. The Bertz CT molecular complexity index is 960. The number of carbonyl (C=O) groups excluding carboxylic acids is 1. The number of pyridine rings is 1. The van der Waals surface area contributed by atoms with Crippen LogP contribution in [0.5, 0.6) is 11.5 Å². The van der Waals surface area contributed by atoms with Gasteiger partial charge in [0.25, 0.3) is 5.91 Å². The molecular formula is C23H26N2O3. The summed E-state index contributed by atoms with van der Waals surface area (Å²) in [5.41, 5.74) is 1.83. The molecule has 28 heavy (non-hydrogen) atoms. The van der Waals surface area contributed by atoms with Crippen molar-refractivity contribution >= 4 is 16.7 Å². The van der Waals surface area contributed by atoms with Gasteiger partial charge in [0.15, 0.2) is 0 Å². The number of aromatic nitrogens is 1. The Morgan fingerprint density at radius 3 is 2.43 bits per heavy atom. The van der Waals surface area contributed by atoms with E-state index in [0.29, 0.717) is 18.7 Å². The Kier molecular flexibility index (Phi) is 5.83. The number of nitrogens with one attached hydrogen (secondary N) is 1. The molecule has 1 amide bonds. The summed E-state index contributed by atoms with van der Waals surface area (Å²) in [6, 6.07) is 13.5. The van der Waals surface area contributed by atoms with Crippen LogP contribution in [0.1, 0.15) is 36.7 Å². The van der Waals surface area contributed by atoms with Gasteiger partial charge in [0, 0.05) is 17.8 Å².